The summed E-state index contributed by atoms with van der Waals surface area (Å²) >= 11 is 1.43. The van der Waals surface area contributed by atoms with E-state index in [0.29, 0.717) is 0 Å². The normalized spacial score (nSPS) is 11.0. The SMILES string of the molecule is C=CC=NSN(C)CC. The molecule has 0 aromatic carbocycles. The summed E-state index contributed by atoms with van der Waals surface area (Å²) in [5.41, 5.74) is 0. The van der Waals surface area contributed by atoms with E-state index in [9.17, 15) is 0 Å². The Bertz CT molecular complexity index is 101. The first-order valence-corrected chi connectivity index (χ1v) is 3.57. The molecule has 2 nitrogen and oxygen atoms in total. The van der Waals surface area contributed by atoms with Gasteiger partial charge in [0.15, 0.2) is 0 Å². The molecule has 0 rings (SSSR count). The number of nitrogens with zero attached hydrogens (tertiary/aromatic N) is 2. The average Bonchev–Trinajstić information content (AvgIpc) is 1.89. The zero-order valence-corrected chi connectivity index (χ0v) is 6.69. The predicted octanol–water partition coefficient (Wildman–Crippen LogP) is 1.76. The molecule has 0 atom stereocenters. The van der Waals surface area contributed by atoms with Gasteiger partial charge in [0.1, 0.15) is 0 Å². The molecule has 0 aromatic heterocycles. The second-order valence-corrected chi connectivity index (χ2v) is 2.51. The van der Waals surface area contributed by atoms with Crippen molar-refractivity contribution in [2.24, 2.45) is 4.40 Å². The van der Waals surface area contributed by atoms with Gasteiger partial charge in [-0.25, -0.2) is 8.70 Å². The van der Waals surface area contributed by atoms with Crippen LogP contribution in [0.25, 0.3) is 0 Å². The van der Waals surface area contributed by atoms with Gasteiger partial charge in [-0.15, -0.1) is 0 Å². The topological polar surface area (TPSA) is 15.6 Å². The monoisotopic (exact) mass is 144 g/mol. The Morgan fingerprint density at radius 1 is 1.78 bits per heavy atom. The number of rotatable bonds is 4. The van der Waals surface area contributed by atoms with Crippen molar-refractivity contribution in [3.8, 4) is 0 Å². The summed E-state index contributed by atoms with van der Waals surface area (Å²) in [7, 11) is 1.99. The second kappa shape index (κ2) is 5.85. The lowest BCUT2D eigenvalue weighted by Crippen LogP contribution is -2.05. The third kappa shape index (κ3) is 5.59. The molecule has 52 valence electrons. The minimum atomic E-state index is 0.999. The van der Waals surface area contributed by atoms with Crippen LogP contribution in [0.5, 0.6) is 0 Å². The van der Waals surface area contributed by atoms with E-state index in [2.05, 4.69) is 17.9 Å². The van der Waals surface area contributed by atoms with Gasteiger partial charge in [0, 0.05) is 12.8 Å². The lowest BCUT2D eigenvalue weighted by molar-refractivity contribution is 0.603. The fourth-order valence-electron chi connectivity index (χ4n) is 0.208. The van der Waals surface area contributed by atoms with E-state index < -0.39 is 0 Å². The average molecular weight is 144 g/mol. The van der Waals surface area contributed by atoms with Gasteiger partial charge in [-0.3, -0.25) is 0 Å². The molecular formula is C6H12N2S. The van der Waals surface area contributed by atoms with Gasteiger partial charge in [0.2, 0.25) is 0 Å². The van der Waals surface area contributed by atoms with Crippen LogP contribution in [0.1, 0.15) is 6.92 Å². The standard InChI is InChI=1S/C6H12N2S/c1-4-6-7-9-8(3)5-2/h4,6H,1,5H2,2-3H3. The number of allylic oxidation sites excluding steroid dienone is 1. The van der Waals surface area contributed by atoms with Gasteiger partial charge in [-0.1, -0.05) is 19.6 Å². The van der Waals surface area contributed by atoms with E-state index >= 15 is 0 Å². The molecule has 0 N–H and O–H groups in total. The van der Waals surface area contributed by atoms with E-state index in [1.807, 2.05) is 11.4 Å². The zero-order chi connectivity index (χ0) is 7.11. The summed E-state index contributed by atoms with van der Waals surface area (Å²) in [6, 6.07) is 0. The first kappa shape index (κ1) is 8.72. The van der Waals surface area contributed by atoms with Gasteiger partial charge >= 0.3 is 0 Å². The first-order chi connectivity index (χ1) is 4.31. The maximum absolute atomic E-state index is 3.96. The summed E-state index contributed by atoms with van der Waals surface area (Å²) in [6.07, 6.45) is 3.34. The highest BCUT2D eigenvalue weighted by Crippen LogP contribution is 2.04. The van der Waals surface area contributed by atoms with Gasteiger partial charge in [0.05, 0.1) is 12.1 Å². The van der Waals surface area contributed by atoms with Crippen LogP contribution < -0.4 is 0 Å². The van der Waals surface area contributed by atoms with E-state index in [1.54, 1.807) is 12.3 Å². The number of hydrogen-bond acceptors (Lipinski definition) is 3. The van der Waals surface area contributed by atoms with E-state index in [1.165, 1.54) is 12.1 Å². The quantitative estimate of drug-likeness (QED) is 0.441. The highest BCUT2D eigenvalue weighted by Gasteiger charge is 1.87. The third-order valence-electron chi connectivity index (χ3n) is 0.798. The summed E-state index contributed by atoms with van der Waals surface area (Å²) in [4.78, 5) is 0. The van der Waals surface area contributed by atoms with Crippen LogP contribution >= 0.6 is 12.1 Å². The Kier molecular flexibility index (Phi) is 5.67. The van der Waals surface area contributed by atoms with Crippen LogP contribution in [0, 0.1) is 0 Å². The largest absolute Gasteiger partial charge is 0.234 e. The van der Waals surface area contributed by atoms with Crippen LogP contribution in [-0.4, -0.2) is 24.1 Å². The molecular weight excluding hydrogens is 132 g/mol. The molecule has 0 aromatic rings. The molecule has 0 saturated carbocycles. The highest BCUT2D eigenvalue weighted by atomic mass is 32.2. The van der Waals surface area contributed by atoms with Crippen molar-refractivity contribution < 1.29 is 0 Å². The van der Waals surface area contributed by atoms with Crippen LogP contribution in [0.3, 0.4) is 0 Å². The Hall–Kier alpha value is -0.280. The molecule has 0 bridgehead atoms. The van der Waals surface area contributed by atoms with Crippen molar-refractivity contribution in [1.82, 2.24) is 4.31 Å². The minimum Gasteiger partial charge on any atom is -0.234 e. The summed E-state index contributed by atoms with van der Waals surface area (Å²) < 4.78 is 5.99. The van der Waals surface area contributed by atoms with Gasteiger partial charge in [-0.05, 0) is 7.05 Å². The Labute approximate surface area is 60.9 Å². The van der Waals surface area contributed by atoms with Crippen LogP contribution in [-0.2, 0) is 0 Å². The van der Waals surface area contributed by atoms with Crippen molar-refractivity contribution >= 4 is 18.3 Å². The zero-order valence-electron chi connectivity index (χ0n) is 5.87. The number of hydrogen-bond donors (Lipinski definition) is 0. The van der Waals surface area contributed by atoms with Crippen molar-refractivity contribution in [2.75, 3.05) is 13.6 Å². The third-order valence-corrected chi connectivity index (χ3v) is 1.55. The van der Waals surface area contributed by atoms with Crippen molar-refractivity contribution in [1.29, 1.82) is 0 Å². The van der Waals surface area contributed by atoms with Crippen LogP contribution in [0.2, 0.25) is 0 Å². The Morgan fingerprint density at radius 3 is 2.89 bits per heavy atom. The van der Waals surface area contributed by atoms with Crippen LogP contribution in [0.4, 0.5) is 0 Å². The molecule has 0 radical (unpaired) electrons. The molecule has 0 fully saturated rings. The molecule has 9 heavy (non-hydrogen) atoms. The predicted molar refractivity (Wildman–Crippen MR) is 44.6 cm³/mol. The molecule has 0 saturated heterocycles. The molecule has 0 spiro atoms. The molecule has 0 unspecified atom stereocenters. The van der Waals surface area contributed by atoms with E-state index in [-0.39, 0.29) is 0 Å². The van der Waals surface area contributed by atoms with Gasteiger partial charge < -0.3 is 0 Å². The lowest BCUT2D eigenvalue weighted by atomic mass is 10.7. The van der Waals surface area contributed by atoms with Crippen molar-refractivity contribution in [3.63, 3.8) is 0 Å². The van der Waals surface area contributed by atoms with E-state index in [0.717, 1.165) is 6.54 Å². The fraction of sp³-hybridized carbons (Fsp3) is 0.500. The summed E-state index contributed by atoms with van der Waals surface area (Å²) in [5, 5.41) is 0. The van der Waals surface area contributed by atoms with Crippen molar-refractivity contribution in [2.45, 2.75) is 6.92 Å². The molecule has 0 aliphatic carbocycles. The van der Waals surface area contributed by atoms with Crippen molar-refractivity contribution in [3.05, 3.63) is 12.7 Å². The van der Waals surface area contributed by atoms with Crippen LogP contribution in [0.15, 0.2) is 17.1 Å². The molecule has 0 heterocycles. The molecule has 0 aliphatic heterocycles. The van der Waals surface area contributed by atoms with Gasteiger partial charge in [-0.2, -0.15) is 0 Å². The summed E-state index contributed by atoms with van der Waals surface area (Å²) in [6.45, 7) is 6.58. The van der Waals surface area contributed by atoms with Gasteiger partial charge in [0.25, 0.3) is 0 Å². The second-order valence-electron chi connectivity index (χ2n) is 1.52. The Morgan fingerprint density at radius 2 is 2.44 bits per heavy atom. The maximum Gasteiger partial charge on any atom is 0.0612 e. The fourth-order valence-corrected chi connectivity index (χ4v) is 0.625. The lowest BCUT2D eigenvalue weighted by Gasteiger charge is -2.05. The molecule has 0 amide bonds. The Balaban J connectivity index is 3.25. The minimum absolute atomic E-state index is 0.999. The summed E-state index contributed by atoms with van der Waals surface area (Å²) in [5.74, 6) is 0. The smallest absolute Gasteiger partial charge is 0.0612 e. The highest BCUT2D eigenvalue weighted by molar-refractivity contribution is 7.95. The first-order valence-electron chi connectivity index (χ1n) is 2.84. The van der Waals surface area contributed by atoms with E-state index in [4.69, 9.17) is 0 Å². The molecule has 3 heteroatoms. The molecule has 0 aliphatic rings. The maximum atomic E-state index is 3.96.